The molecule has 2 heterocycles. The summed E-state index contributed by atoms with van der Waals surface area (Å²) in [5.41, 5.74) is 1.82. The fourth-order valence-electron chi connectivity index (χ4n) is 2.91. The Bertz CT molecular complexity index is 1100. The van der Waals surface area contributed by atoms with Crippen molar-refractivity contribution in [2.45, 2.75) is 37.2 Å². The van der Waals surface area contributed by atoms with Crippen molar-refractivity contribution in [3.8, 4) is 0 Å². The molecule has 0 aliphatic rings. The van der Waals surface area contributed by atoms with Gasteiger partial charge in [-0.15, -0.1) is 11.3 Å². The van der Waals surface area contributed by atoms with Gasteiger partial charge in [0, 0.05) is 6.04 Å². The lowest BCUT2D eigenvalue weighted by Crippen LogP contribution is -2.26. The van der Waals surface area contributed by atoms with Crippen molar-refractivity contribution in [2.75, 3.05) is 0 Å². The van der Waals surface area contributed by atoms with Crippen LogP contribution in [0, 0.1) is 0 Å². The minimum atomic E-state index is 0.0387. The van der Waals surface area contributed by atoms with Gasteiger partial charge in [-0.3, -0.25) is 9.36 Å². The second-order valence-electron chi connectivity index (χ2n) is 6.21. The smallest absolute Gasteiger partial charge is 0.262 e. The molecule has 0 fully saturated rings. The van der Waals surface area contributed by atoms with E-state index in [9.17, 15) is 4.79 Å². The van der Waals surface area contributed by atoms with Crippen molar-refractivity contribution in [2.24, 2.45) is 0 Å². The number of para-hydroxylation sites is 2. The van der Waals surface area contributed by atoms with Crippen LogP contribution in [0.2, 0.25) is 0 Å². The van der Waals surface area contributed by atoms with Gasteiger partial charge in [-0.25, -0.2) is 9.97 Å². The quantitative estimate of drug-likeness (QED) is 0.349. The Hall–Kier alpha value is -2.18. The number of hydrogen-bond acceptors (Lipinski definition) is 5. The third-order valence-electron chi connectivity index (χ3n) is 4.47. The second kappa shape index (κ2) is 7.21. The summed E-state index contributed by atoms with van der Waals surface area (Å²) < 4.78 is 3.02. The lowest BCUT2D eigenvalue weighted by atomic mass is 10.2. The molecule has 0 saturated heterocycles. The van der Waals surface area contributed by atoms with Gasteiger partial charge in [-0.1, -0.05) is 43.0 Å². The van der Waals surface area contributed by atoms with E-state index in [1.807, 2.05) is 47.0 Å². The number of thiazole rings is 1. The molecule has 2 aromatic carbocycles. The monoisotopic (exact) mass is 381 g/mol. The number of rotatable bonds is 5. The molecule has 1 atom stereocenters. The number of fused-ring (bicyclic) bond motifs is 2. The minimum absolute atomic E-state index is 0.0387. The highest BCUT2D eigenvalue weighted by molar-refractivity contribution is 7.98. The highest BCUT2D eigenvalue weighted by atomic mass is 32.2. The van der Waals surface area contributed by atoms with Crippen LogP contribution in [0.15, 0.2) is 58.5 Å². The van der Waals surface area contributed by atoms with E-state index in [0.717, 1.165) is 27.6 Å². The van der Waals surface area contributed by atoms with Crippen LogP contribution in [-0.4, -0.2) is 14.5 Å². The van der Waals surface area contributed by atoms with Gasteiger partial charge in [0.1, 0.15) is 5.01 Å². The molecule has 132 valence electrons. The predicted molar refractivity (Wildman–Crippen MR) is 110 cm³/mol. The zero-order valence-electron chi connectivity index (χ0n) is 14.7. The Balaban J connectivity index is 1.73. The van der Waals surface area contributed by atoms with Gasteiger partial charge in [0.15, 0.2) is 5.16 Å². The largest absolute Gasteiger partial charge is 0.284 e. The molecule has 4 rings (SSSR count). The highest BCUT2D eigenvalue weighted by Gasteiger charge is 2.16. The summed E-state index contributed by atoms with van der Waals surface area (Å²) in [6, 6.07) is 15.8. The number of aromatic nitrogens is 3. The van der Waals surface area contributed by atoms with Gasteiger partial charge in [-0.2, -0.15) is 0 Å². The van der Waals surface area contributed by atoms with Gasteiger partial charge in [0.2, 0.25) is 0 Å². The highest BCUT2D eigenvalue weighted by Crippen LogP contribution is 2.29. The molecule has 0 N–H and O–H groups in total. The molecular weight excluding hydrogens is 362 g/mol. The zero-order valence-corrected chi connectivity index (χ0v) is 16.3. The third-order valence-corrected chi connectivity index (χ3v) is 6.65. The maximum atomic E-state index is 13.0. The Labute approximate surface area is 159 Å². The molecule has 0 radical (unpaired) electrons. The number of nitrogens with zero attached hydrogens (tertiary/aromatic N) is 3. The first-order chi connectivity index (χ1) is 12.7. The van der Waals surface area contributed by atoms with Crippen LogP contribution in [0.25, 0.3) is 21.1 Å². The summed E-state index contributed by atoms with van der Waals surface area (Å²) in [4.78, 5) is 22.5. The van der Waals surface area contributed by atoms with Gasteiger partial charge in [0.25, 0.3) is 5.56 Å². The van der Waals surface area contributed by atoms with E-state index < -0.39 is 0 Å². The Morgan fingerprint density at radius 1 is 1.08 bits per heavy atom. The first-order valence-corrected chi connectivity index (χ1v) is 10.5. The summed E-state index contributed by atoms with van der Waals surface area (Å²) in [7, 11) is 0. The van der Waals surface area contributed by atoms with Crippen LogP contribution < -0.4 is 5.56 Å². The second-order valence-corrected chi connectivity index (χ2v) is 8.27. The minimum Gasteiger partial charge on any atom is -0.284 e. The molecule has 2 aromatic heterocycles. The Morgan fingerprint density at radius 3 is 2.58 bits per heavy atom. The fourth-order valence-corrected chi connectivity index (χ4v) is 4.96. The number of hydrogen-bond donors (Lipinski definition) is 0. The maximum Gasteiger partial charge on any atom is 0.262 e. The van der Waals surface area contributed by atoms with E-state index >= 15 is 0 Å². The van der Waals surface area contributed by atoms with Crippen LogP contribution >= 0.6 is 23.1 Å². The molecule has 1 unspecified atom stereocenters. The molecule has 4 nitrogen and oxygen atoms in total. The van der Waals surface area contributed by atoms with E-state index in [2.05, 4.69) is 24.9 Å². The van der Waals surface area contributed by atoms with E-state index in [4.69, 9.17) is 4.98 Å². The van der Waals surface area contributed by atoms with Crippen molar-refractivity contribution in [3.63, 3.8) is 0 Å². The molecule has 26 heavy (non-hydrogen) atoms. The van der Waals surface area contributed by atoms with Crippen molar-refractivity contribution in [3.05, 3.63) is 63.9 Å². The van der Waals surface area contributed by atoms with Crippen molar-refractivity contribution < 1.29 is 0 Å². The first kappa shape index (κ1) is 17.2. The van der Waals surface area contributed by atoms with Crippen molar-refractivity contribution in [1.82, 2.24) is 14.5 Å². The third kappa shape index (κ3) is 3.15. The molecule has 0 amide bonds. The van der Waals surface area contributed by atoms with Crippen LogP contribution in [0.1, 0.15) is 31.3 Å². The fraction of sp³-hybridized carbons (Fsp3) is 0.250. The summed E-state index contributed by atoms with van der Waals surface area (Å²) in [6.45, 7) is 4.16. The van der Waals surface area contributed by atoms with E-state index in [0.29, 0.717) is 11.1 Å². The van der Waals surface area contributed by atoms with Crippen molar-refractivity contribution in [1.29, 1.82) is 0 Å². The Morgan fingerprint density at radius 2 is 1.81 bits per heavy atom. The summed E-state index contributed by atoms with van der Waals surface area (Å²) in [6.07, 6.45) is 0.884. The van der Waals surface area contributed by atoms with Gasteiger partial charge in [0.05, 0.1) is 26.9 Å². The predicted octanol–water partition coefficient (Wildman–Crippen LogP) is 5.27. The van der Waals surface area contributed by atoms with Gasteiger partial charge >= 0.3 is 0 Å². The van der Waals surface area contributed by atoms with Crippen LogP contribution in [0.4, 0.5) is 0 Å². The average molecular weight is 382 g/mol. The van der Waals surface area contributed by atoms with Crippen LogP contribution in [0.5, 0.6) is 0 Å². The molecule has 4 aromatic rings. The topological polar surface area (TPSA) is 47.8 Å². The molecule has 0 spiro atoms. The van der Waals surface area contributed by atoms with E-state index in [1.54, 1.807) is 23.1 Å². The molecule has 0 aliphatic heterocycles. The number of benzene rings is 2. The average Bonchev–Trinajstić information content (AvgIpc) is 3.09. The lowest BCUT2D eigenvalue weighted by Gasteiger charge is -2.17. The summed E-state index contributed by atoms with van der Waals surface area (Å²) in [5, 5.41) is 2.49. The van der Waals surface area contributed by atoms with E-state index in [1.165, 1.54) is 4.70 Å². The standard InChI is InChI=1S/C20H19N3OS2/c1-3-13(2)23-19(24)14-8-4-5-9-15(14)22-20(23)25-12-18-21-16-10-6-7-11-17(16)26-18/h4-11,13H,3,12H2,1-2H3. The molecule has 0 aliphatic carbocycles. The van der Waals surface area contributed by atoms with Crippen molar-refractivity contribution >= 4 is 44.2 Å². The van der Waals surface area contributed by atoms with Gasteiger partial charge in [-0.05, 0) is 37.6 Å². The SMILES string of the molecule is CCC(C)n1c(SCc2nc3ccccc3s2)nc2ccccc2c1=O. The Kier molecular flexibility index (Phi) is 4.78. The van der Waals surface area contributed by atoms with Gasteiger partial charge < -0.3 is 0 Å². The summed E-state index contributed by atoms with van der Waals surface area (Å²) >= 11 is 3.29. The van der Waals surface area contributed by atoms with E-state index in [-0.39, 0.29) is 11.6 Å². The molecule has 0 saturated carbocycles. The summed E-state index contributed by atoms with van der Waals surface area (Å²) in [5.74, 6) is 0.709. The lowest BCUT2D eigenvalue weighted by molar-refractivity contribution is 0.468. The van der Waals surface area contributed by atoms with Crippen LogP contribution in [-0.2, 0) is 5.75 Å². The molecular formula is C20H19N3OS2. The zero-order chi connectivity index (χ0) is 18.1. The molecule has 6 heteroatoms. The van der Waals surface area contributed by atoms with Crippen LogP contribution in [0.3, 0.4) is 0 Å². The normalized spacial score (nSPS) is 12.7. The molecule has 0 bridgehead atoms. The number of thioether (sulfide) groups is 1. The first-order valence-electron chi connectivity index (χ1n) is 8.66. The maximum absolute atomic E-state index is 13.0.